The molecule has 138 valence electrons. The molecule has 2 saturated heterocycles. The molecule has 3 atom stereocenters. The number of carbonyl (C=O) groups excluding carboxylic acids is 1. The van der Waals surface area contributed by atoms with Crippen molar-refractivity contribution in [3.8, 4) is 11.5 Å². The van der Waals surface area contributed by atoms with Gasteiger partial charge in [-0.15, -0.1) is 0 Å². The number of H-pyrrole nitrogens is 1. The van der Waals surface area contributed by atoms with Crippen LogP contribution in [0.3, 0.4) is 0 Å². The number of aromatic nitrogens is 2. The van der Waals surface area contributed by atoms with E-state index in [1.807, 2.05) is 23.1 Å². The van der Waals surface area contributed by atoms with Gasteiger partial charge in [0, 0.05) is 18.2 Å². The van der Waals surface area contributed by atoms with E-state index in [9.17, 15) is 9.90 Å². The average Bonchev–Trinajstić information content (AvgIpc) is 3.23. The summed E-state index contributed by atoms with van der Waals surface area (Å²) in [7, 11) is 1.61. The number of carbonyl (C=O) groups is 1. The number of aliphatic hydroxyl groups is 1. The Morgan fingerprint density at radius 1 is 1.27 bits per heavy atom. The normalized spacial score (nSPS) is 24.5. The largest absolute Gasteiger partial charge is 0.497 e. The zero-order chi connectivity index (χ0) is 18.1. The summed E-state index contributed by atoms with van der Waals surface area (Å²) >= 11 is 0. The minimum Gasteiger partial charge on any atom is -0.497 e. The predicted molar refractivity (Wildman–Crippen MR) is 94.1 cm³/mol. The molecule has 1 amide bonds. The van der Waals surface area contributed by atoms with Gasteiger partial charge in [0.15, 0.2) is 5.69 Å². The minimum atomic E-state index is -0.289. The van der Waals surface area contributed by atoms with Crippen LogP contribution in [0.5, 0.6) is 11.5 Å². The van der Waals surface area contributed by atoms with Crippen LogP contribution >= 0.6 is 0 Å². The van der Waals surface area contributed by atoms with E-state index < -0.39 is 0 Å². The molecule has 0 saturated carbocycles. The van der Waals surface area contributed by atoms with Gasteiger partial charge in [0.1, 0.15) is 18.1 Å². The molecule has 26 heavy (non-hydrogen) atoms. The van der Waals surface area contributed by atoms with Crippen molar-refractivity contribution in [2.75, 3.05) is 7.11 Å². The summed E-state index contributed by atoms with van der Waals surface area (Å²) in [6.07, 6.45) is 2.97. The maximum atomic E-state index is 12.8. The number of rotatable bonds is 5. The second-order valence-corrected chi connectivity index (χ2v) is 6.97. The molecule has 2 aliphatic rings. The number of benzene rings is 1. The number of nitrogens with one attached hydrogen (secondary N) is 1. The number of amides is 1. The highest BCUT2D eigenvalue weighted by Gasteiger charge is 2.43. The third kappa shape index (κ3) is 3.26. The van der Waals surface area contributed by atoms with Gasteiger partial charge in [-0.2, -0.15) is 5.10 Å². The van der Waals surface area contributed by atoms with Crippen LogP contribution < -0.4 is 9.47 Å². The first-order chi connectivity index (χ1) is 12.6. The molecule has 7 nitrogen and oxygen atoms in total. The number of hydrogen-bond donors (Lipinski definition) is 2. The first-order valence-electron chi connectivity index (χ1n) is 8.96. The maximum Gasteiger partial charge on any atom is 0.274 e. The SMILES string of the molecule is COc1cccc(OCc2cc(C(=O)N3[C@@H]4CC[C@H]3CC(O)C4)n[nH]2)c1. The number of piperidine rings is 1. The number of aliphatic hydroxyl groups excluding tert-OH is 1. The van der Waals surface area contributed by atoms with Gasteiger partial charge in [-0.05, 0) is 43.9 Å². The summed E-state index contributed by atoms with van der Waals surface area (Å²) in [4.78, 5) is 14.8. The summed E-state index contributed by atoms with van der Waals surface area (Å²) in [6, 6.07) is 9.36. The highest BCUT2D eigenvalue weighted by Crippen LogP contribution is 2.36. The zero-order valence-electron chi connectivity index (χ0n) is 14.7. The molecule has 2 fully saturated rings. The van der Waals surface area contributed by atoms with Crippen molar-refractivity contribution in [3.63, 3.8) is 0 Å². The van der Waals surface area contributed by atoms with Gasteiger partial charge < -0.3 is 19.5 Å². The van der Waals surface area contributed by atoms with Crippen LogP contribution in [0.25, 0.3) is 0 Å². The van der Waals surface area contributed by atoms with E-state index in [1.54, 1.807) is 19.2 Å². The van der Waals surface area contributed by atoms with Crippen molar-refractivity contribution in [3.05, 3.63) is 41.7 Å². The standard InChI is InChI=1S/C19H23N3O4/c1-25-16-3-2-4-17(10-16)26-11-12-7-18(21-20-12)19(24)22-13-5-6-14(22)9-15(23)8-13/h2-4,7,10,13-15,23H,5-6,8-9,11H2,1H3,(H,20,21)/t13-,14+,15?. The van der Waals surface area contributed by atoms with Gasteiger partial charge in [-0.25, -0.2) is 0 Å². The highest BCUT2D eigenvalue weighted by atomic mass is 16.5. The van der Waals surface area contributed by atoms with Crippen molar-refractivity contribution < 1.29 is 19.4 Å². The van der Waals surface area contributed by atoms with Crippen LogP contribution in [0.1, 0.15) is 41.9 Å². The fourth-order valence-corrected chi connectivity index (χ4v) is 4.01. The highest BCUT2D eigenvalue weighted by molar-refractivity contribution is 5.93. The Kier molecular flexibility index (Phi) is 4.55. The van der Waals surface area contributed by atoms with Gasteiger partial charge in [-0.1, -0.05) is 6.07 Å². The lowest BCUT2D eigenvalue weighted by molar-refractivity contribution is 0.0282. The lowest BCUT2D eigenvalue weighted by Gasteiger charge is -2.36. The van der Waals surface area contributed by atoms with Gasteiger partial charge in [-0.3, -0.25) is 9.89 Å². The Balaban J connectivity index is 1.40. The number of aromatic amines is 1. The van der Waals surface area contributed by atoms with Crippen LogP contribution in [-0.4, -0.2) is 51.4 Å². The van der Waals surface area contributed by atoms with E-state index in [-0.39, 0.29) is 24.1 Å². The molecule has 1 aromatic carbocycles. The monoisotopic (exact) mass is 357 g/mol. The van der Waals surface area contributed by atoms with Crippen molar-refractivity contribution in [2.45, 2.75) is 50.5 Å². The van der Waals surface area contributed by atoms with Crippen molar-refractivity contribution in [1.82, 2.24) is 15.1 Å². The van der Waals surface area contributed by atoms with Crippen LogP contribution in [-0.2, 0) is 6.61 Å². The molecule has 2 N–H and O–H groups in total. The third-order valence-electron chi connectivity index (χ3n) is 5.23. The van der Waals surface area contributed by atoms with Crippen molar-refractivity contribution >= 4 is 5.91 Å². The Morgan fingerprint density at radius 3 is 2.73 bits per heavy atom. The van der Waals surface area contributed by atoms with E-state index in [2.05, 4.69) is 10.2 Å². The molecule has 1 unspecified atom stereocenters. The van der Waals surface area contributed by atoms with Crippen LogP contribution in [0.4, 0.5) is 0 Å². The first kappa shape index (κ1) is 16.9. The molecule has 1 aromatic heterocycles. The van der Waals surface area contributed by atoms with E-state index in [4.69, 9.17) is 9.47 Å². The first-order valence-corrected chi connectivity index (χ1v) is 8.96. The van der Waals surface area contributed by atoms with Crippen LogP contribution in [0.15, 0.2) is 30.3 Å². The van der Waals surface area contributed by atoms with Crippen molar-refractivity contribution in [1.29, 1.82) is 0 Å². The van der Waals surface area contributed by atoms with Crippen LogP contribution in [0, 0.1) is 0 Å². The minimum absolute atomic E-state index is 0.0618. The molecular formula is C19H23N3O4. The molecule has 2 bridgehead atoms. The smallest absolute Gasteiger partial charge is 0.274 e. The predicted octanol–water partition coefficient (Wildman–Crippen LogP) is 2.13. The molecule has 0 spiro atoms. The van der Waals surface area contributed by atoms with Crippen LogP contribution in [0.2, 0.25) is 0 Å². The summed E-state index contributed by atoms with van der Waals surface area (Å²) in [5, 5.41) is 16.9. The Labute approximate surface area is 151 Å². The van der Waals surface area contributed by atoms with Gasteiger partial charge >= 0.3 is 0 Å². The number of nitrogens with zero attached hydrogens (tertiary/aromatic N) is 2. The molecule has 0 aliphatic carbocycles. The fourth-order valence-electron chi connectivity index (χ4n) is 4.01. The second kappa shape index (κ2) is 6.99. The summed E-state index contributed by atoms with van der Waals surface area (Å²) in [6.45, 7) is 0.291. The number of fused-ring (bicyclic) bond motifs is 2. The molecule has 4 rings (SSSR count). The second-order valence-electron chi connectivity index (χ2n) is 6.97. The number of methoxy groups -OCH3 is 1. The quantitative estimate of drug-likeness (QED) is 0.856. The van der Waals surface area contributed by atoms with Gasteiger partial charge in [0.25, 0.3) is 5.91 Å². The topological polar surface area (TPSA) is 87.7 Å². The van der Waals surface area contributed by atoms with E-state index in [1.165, 1.54) is 0 Å². The number of hydrogen-bond acceptors (Lipinski definition) is 5. The molecule has 0 radical (unpaired) electrons. The number of ether oxygens (including phenoxy) is 2. The molecule has 2 aliphatic heterocycles. The summed E-state index contributed by atoms with van der Waals surface area (Å²) in [5.41, 5.74) is 1.14. The van der Waals surface area contributed by atoms with E-state index in [0.29, 0.717) is 30.9 Å². The zero-order valence-corrected chi connectivity index (χ0v) is 14.7. The Morgan fingerprint density at radius 2 is 2.00 bits per heavy atom. The fraction of sp³-hybridized carbons (Fsp3) is 0.474. The molecule has 2 aromatic rings. The third-order valence-corrected chi connectivity index (χ3v) is 5.23. The molecular weight excluding hydrogens is 334 g/mol. The summed E-state index contributed by atoms with van der Waals surface area (Å²) in [5.74, 6) is 1.36. The Bertz CT molecular complexity index is 777. The molecule has 3 heterocycles. The van der Waals surface area contributed by atoms with Crippen molar-refractivity contribution in [2.24, 2.45) is 0 Å². The van der Waals surface area contributed by atoms with E-state index in [0.717, 1.165) is 24.3 Å². The average molecular weight is 357 g/mol. The van der Waals surface area contributed by atoms with Gasteiger partial charge in [0.2, 0.25) is 0 Å². The van der Waals surface area contributed by atoms with E-state index >= 15 is 0 Å². The maximum absolute atomic E-state index is 12.8. The lowest BCUT2D eigenvalue weighted by atomic mass is 9.99. The molecule has 7 heteroatoms. The van der Waals surface area contributed by atoms with Gasteiger partial charge in [0.05, 0.1) is 18.9 Å². The summed E-state index contributed by atoms with van der Waals surface area (Å²) < 4.78 is 10.9. The Hall–Kier alpha value is -2.54. The lowest BCUT2D eigenvalue weighted by Crippen LogP contribution is -2.48.